The second-order valence-corrected chi connectivity index (χ2v) is 10.3. The summed E-state index contributed by atoms with van der Waals surface area (Å²) >= 11 is 0. The van der Waals surface area contributed by atoms with Crippen molar-refractivity contribution in [1.29, 1.82) is 0 Å². The average Bonchev–Trinajstić information content (AvgIpc) is 2.78. The van der Waals surface area contributed by atoms with Crippen molar-refractivity contribution in [3.63, 3.8) is 0 Å². The van der Waals surface area contributed by atoms with Gasteiger partial charge in [-0.1, -0.05) is 57.9 Å². The summed E-state index contributed by atoms with van der Waals surface area (Å²) in [6.45, 7) is 8.95. The molecule has 1 atom stereocenters. The summed E-state index contributed by atoms with van der Waals surface area (Å²) in [4.78, 5) is 11.4. The molecule has 32 heavy (non-hydrogen) atoms. The third kappa shape index (κ3) is 6.76. The van der Waals surface area contributed by atoms with Crippen LogP contribution in [0.1, 0.15) is 71.8 Å². The van der Waals surface area contributed by atoms with Gasteiger partial charge in [0, 0.05) is 12.8 Å². The SMILES string of the molecule is COC(=O)C(C)CCC#CCc1ccc2cc(OC3CCC(C(C)(C)C)CC3)ccc2c1. The number of methoxy groups -OCH3 is 1. The first-order valence-corrected chi connectivity index (χ1v) is 12.0. The van der Waals surface area contributed by atoms with Crippen molar-refractivity contribution in [1.82, 2.24) is 0 Å². The molecule has 0 heterocycles. The number of ether oxygens (including phenoxy) is 2. The van der Waals surface area contributed by atoms with Crippen LogP contribution in [0.3, 0.4) is 0 Å². The van der Waals surface area contributed by atoms with E-state index in [0.717, 1.165) is 37.4 Å². The van der Waals surface area contributed by atoms with Gasteiger partial charge in [-0.15, -0.1) is 5.92 Å². The van der Waals surface area contributed by atoms with E-state index in [0.29, 0.717) is 17.9 Å². The number of hydrogen-bond acceptors (Lipinski definition) is 3. The molecule has 2 aromatic rings. The molecule has 3 heteroatoms. The fraction of sp³-hybridized carbons (Fsp3) is 0.552. The summed E-state index contributed by atoms with van der Waals surface area (Å²) in [7, 11) is 1.43. The Bertz CT molecular complexity index is 965. The lowest BCUT2D eigenvalue weighted by Crippen LogP contribution is -2.30. The molecule has 0 saturated heterocycles. The Hall–Kier alpha value is -2.47. The van der Waals surface area contributed by atoms with E-state index in [2.05, 4.69) is 69.0 Å². The third-order valence-electron chi connectivity index (χ3n) is 6.80. The topological polar surface area (TPSA) is 35.5 Å². The Kier molecular flexibility index (Phi) is 8.24. The van der Waals surface area contributed by atoms with Crippen LogP contribution in [0.5, 0.6) is 5.75 Å². The Labute approximate surface area is 193 Å². The fourth-order valence-corrected chi connectivity index (χ4v) is 4.56. The molecular formula is C29H38O3. The summed E-state index contributed by atoms with van der Waals surface area (Å²) in [5, 5.41) is 2.42. The zero-order valence-electron chi connectivity index (χ0n) is 20.4. The van der Waals surface area contributed by atoms with Gasteiger partial charge in [0.15, 0.2) is 0 Å². The maximum Gasteiger partial charge on any atom is 0.308 e. The van der Waals surface area contributed by atoms with Gasteiger partial charge in [-0.3, -0.25) is 4.79 Å². The van der Waals surface area contributed by atoms with E-state index in [-0.39, 0.29) is 11.9 Å². The second-order valence-electron chi connectivity index (χ2n) is 10.3. The normalized spacial score (nSPS) is 19.7. The van der Waals surface area contributed by atoms with Gasteiger partial charge in [-0.2, -0.15) is 0 Å². The minimum absolute atomic E-state index is 0.0973. The minimum Gasteiger partial charge on any atom is -0.490 e. The molecule has 0 N–H and O–H groups in total. The monoisotopic (exact) mass is 434 g/mol. The van der Waals surface area contributed by atoms with Gasteiger partial charge < -0.3 is 9.47 Å². The molecule has 2 aromatic carbocycles. The zero-order chi connectivity index (χ0) is 23.1. The lowest BCUT2D eigenvalue weighted by molar-refractivity contribution is -0.144. The van der Waals surface area contributed by atoms with Crippen molar-refractivity contribution in [3.8, 4) is 17.6 Å². The van der Waals surface area contributed by atoms with E-state index in [4.69, 9.17) is 9.47 Å². The van der Waals surface area contributed by atoms with E-state index in [1.807, 2.05) is 6.92 Å². The van der Waals surface area contributed by atoms with Gasteiger partial charge in [0.25, 0.3) is 0 Å². The predicted molar refractivity (Wildman–Crippen MR) is 132 cm³/mol. The quantitative estimate of drug-likeness (QED) is 0.364. The maximum atomic E-state index is 11.4. The van der Waals surface area contributed by atoms with Gasteiger partial charge in [0.2, 0.25) is 0 Å². The molecule has 0 aliphatic heterocycles. The first-order valence-electron chi connectivity index (χ1n) is 12.0. The second kappa shape index (κ2) is 10.9. The van der Waals surface area contributed by atoms with Crippen LogP contribution >= 0.6 is 0 Å². The van der Waals surface area contributed by atoms with Gasteiger partial charge in [0.05, 0.1) is 19.1 Å². The molecule has 1 saturated carbocycles. The molecule has 0 amide bonds. The molecule has 3 nitrogen and oxygen atoms in total. The van der Waals surface area contributed by atoms with Crippen LogP contribution < -0.4 is 4.74 Å². The summed E-state index contributed by atoms with van der Waals surface area (Å²) in [5.41, 5.74) is 1.61. The first-order chi connectivity index (χ1) is 15.3. The van der Waals surface area contributed by atoms with Crippen LogP contribution in [-0.4, -0.2) is 19.2 Å². The van der Waals surface area contributed by atoms with Crippen LogP contribution in [0, 0.1) is 29.1 Å². The number of fused-ring (bicyclic) bond motifs is 1. The predicted octanol–water partition coefficient (Wildman–Crippen LogP) is 6.96. The number of benzene rings is 2. The average molecular weight is 435 g/mol. The lowest BCUT2D eigenvalue weighted by Gasteiger charge is -2.37. The molecule has 0 aromatic heterocycles. The molecular weight excluding hydrogens is 396 g/mol. The number of rotatable bonds is 6. The Morgan fingerprint density at radius 3 is 2.41 bits per heavy atom. The van der Waals surface area contributed by atoms with Gasteiger partial charge in [-0.05, 0) is 71.9 Å². The van der Waals surface area contributed by atoms with Crippen molar-refractivity contribution in [2.75, 3.05) is 7.11 Å². The van der Waals surface area contributed by atoms with Gasteiger partial charge >= 0.3 is 5.97 Å². The molecule has 1 fully saturated rings. The largest absolute Gasteiger partial charge is 0.490 e. The van der Waals surface area contributed by atoms with E-state index < -0.39 is 0 Å². The van der Waals surface area contributed by atoms with Crippen LogP contribution in [0.25, 0.3) is 10.8 Å². The van der Waals surface area contributed by atoms with Crippen LogP contribution in [0.2, 0.25) is 0 Å². The standard InChI is InChI=1S/C29H38O3/c1-21(28(30)31-5)9-7-6-8-10-22-11-12-24-20-27(16-13-23(24)19-22)32-26-17-14-25(15-18-26)29(2,3)4/h11-13,16,19-21,25-26H,7,9-10,14-15,17-18H2,1-5H3. The van der Waals surface area contributed by atoms with Crippen molar-refractivity contribution < 1.29 is 14.3 Å². The highest BCUT2D eigenvalue weighted by atomic mass is 16.5. The van der Waals surface area contributed by atoms with Gasteiger partial charge in [-0.25, -0.2) is 0 Å². The van der Waals surface area contributed by atoms with E-state index in [1.165, 1.54) is 36.3 Å². The Morgan fingerprint density at radius 1 is 1.03 bits per heavy atom. The Balaban J connectivity index is 1.52. The van der Waals surface area contributed by atoms with Gasteiger partial charge in [0.1, 0.15) is 5.75 Å². The van der Waals surface area contributed by atoms with Crippen LogP contribution in [0.4, 0.5) is 0 Å². The number of carbonyl (C=O) groups excluding carboxylic acids is 1. The van der Waals surface area contributed by atoms with E-state index in [9.17, 15) is 4.79 Å². The van der Waals surface area contributed by atoms with Crippen molar-refractivity contribution in [3.05, 3.63) is 42.0 Å². The number of carbonyl (C=O) groups is 1. The lowest BCUT2D eigenvalue weighted by atomic mass is 9.72. The van der Waals surface area contributed by atoms with Crippen LogP contribution in [0.15, 0.2) is 36.4 Å². The first kappa shape index (κ1) is 24.2. The molecule has 0 radical (unpaired) electrons. The van der Waals surface area contributed by atoms with Crippen LogP contribution in [-0.2, 0) is 16.0 Å². The molecule has 172 valence electrons. The van der Waals surface area contributed by atoms with Crippen molar-refractivity contribution in [2.24, 2.45) is 17.3 Å². The zero-order valence-corrected chi connectivity index (χ0v) is 20.4. The fourth-order valence-electron chi connectivity index (χ4n) is 4.56. The Morgan fingerprint density at radius 2 is 1.72 bits per heavy atom. The van der Waals surface area contributed by atoms with Crippen molar-refractivity contribution >= 4 is 16.7 Å². The highest BCUT2D eigenvalue weighted by Crippen LogP contribution is 2.39. The minimum atomic E-state index is -0.165. The third-order valence-corrected chi connectivity index (χ3v) is 6.80. The van der Waals surface area contributed by atoms with E-state index in [1.54, 1.807) is 0 Å². The molecule has 3 rings (SSSR count). The molecule has 1 unspecified atom stereocenters. The summed E-state index contributed by atoms with van der Waals surface area (Å²) in [5.74, 6) is 7.93. The molecule has 0 spiro atoms. The molecule has 1 aliphatic carbocycles. The molecule has 0 bridgehead atoms. The highest BCUT2D eigenvalue weighted by molar-refractivity contribution is 5.84. The summed E-state index contributed by atoms with van der Waals surface area (Å²) < 4.78 is 11.1. The van der Waals surface area contributed by atoms with E-state index >= 15 is 0 Å². The number of esters is 1. The highest BCUT2D eigenvalue weighted by Gasteiger charge is 2.30. The number of hydrogen-bond donors (Lipinski definition) is 0. The summed E-state index contributed by atoms with van der Waals surface area (Å²) in [6, 6.07) is 12.9. The smallest absolute Gasteiger partial charge is 0.308 e. The maximum absolute atomic E-state index is 11.4. The summed E-state index contributed by atoms with van der Waals surface area (Å²) in [6.07, 6.45) is 7.31. The van der Waals surface area contributed by atoms with Crippen molar-refractivity contribution in [2.45, 2.75) is 78.7 Å². The molecule has 1 aliphatic rings.